The molecular formula is C10H14N2O4S. The number of aryl methyl sites for hydroxylation is 1. The highest BCUT2D eigenvalue weighted by molar-refractivity contribution is 7.92. The molecule has 1 aromatic rings. The number of carboxylic acids is 1. The van der Waals surface area contributed by atoms with Gasteiger partial charge in [0.05, 0.1) is 12.7 Å². The van der Waals surface area contributed by atoms with E-state index in [9.17, 15) is 13.2 Å². The van der Waals surface area contributed by atoms with E-state index in [2.05, 4.69) is 4.98 Å². The summed E-state index contributed by atoms with van der Waals surface area (Å²) in [6, 6.07) is 3.34. The van der Waals surface area contributed by atoms with E-state index in [1.54, 1.807) is 12.1 Å². The van der Waals surface area contributed by atoms with Crippen molar-refractivity contribution in [3.05, 3.63) is 23.9 Å². The lowest BCUT2D eigenvalue weighted by molar-refractivity contribution is -0.136. The van der Waals surface area contributed by atoms with Gasteiger partial charge in [-0.05, 0) is 24.6 Å². The molecule has 0 spiro atoms. The molecule has 0 atom stereocenters. The summed E-state index contributed by atoms with van der Waals surface area (Å²) in [7, 11) is -3.52. The van der Waals surface area contributed by atoms with Gasteiger partial charge in [-0.3, -0.25) is 9.10 Å². The Bertz CT molecular complexity index is 513. The molecule has 0 aromatic carbocycles. The van der Waals surface area contributed by atoms with Crippen molar-refractivity contribution in [2.24, 2.45) is 0 Å². The predicted octanol–water partition coefficient (Wildman–Crippen LogP) is 0.631. The van der Waals surface area contributed by atoms with Crippen molar-refractivity contribution in [3.8, 4) is 0 Å². The van der Waals surface area contributed by atoms with Gasteiger partial charge in [-0.15, -0.1) is 0 Å². The second-order valence-corrected chi connectivity index (χ2v) is 5.58. The number of anilines is 1. The standard InChI is InChI=1S/C10H14N2O4S/c1-8-3-5-11-9(7-8)12(17(2,15)16)6-4-10(13)14/h3,5,7H,4,6H2,1-2H3,(H,13,14). The summed E-state index contributed by atoms with van der Waals surface area (Å²) in [5.74, 6) is -0.806. The van der Waals surface area contributed by atoms with Crippen molar-refractivity contribution in [1.29, 1.82) is 0 Å². The Hall–Kier alpha value is -1.63. The second kappa shape index (κ2) is 5.13. The third-order valence-corrected chi connectivity index (χ3v) is 3.26. The minimum absolute atomic E-state index is 0.120. The van der Waals surface area contributed by atoms with Crippen LogP contribution in [0.25, 0.3) is 0 Å². The molecular weight excluding hydrogens is 244 g/mol. The van der Waals surface area contributed by atoms with Crippen molar-refractivity contribution in [1.82, 2.24) is 4.98 Å². The number of carbonyl (C=O) groups is 1. The van der Waals surface area contributed by atoms with E-state index in [-0.39, 0.29) is 18.8 Å². The van der Waals surface area contributed by atoms with E-state index in [0.717, 1.165) is 16.1 Å². The Labute approximate surface area is 100.0 Å². The first-order chi connectivity index (χ1) is 7.80. The van der Waals surface area contributed by atoms with Crippen LogP contribution in [0.5, 0.6) is 0 Å². The molecule has 6 nitrogen and oxygen atoms in total. The van der Waals surface area contributed by atoms with Gasteiger partial charge in [0.15, 0.2) is 0 Å². The average Bonchev–Trinajstić information content (AvgIpc) is 2.15. The molecule has 0 bridgehead atoms. The molecule has 17 heavy (non-hydrogen) atoms. The summed E-state index contributed by atoms with van der Waals surface area (Å²) in [5, 5.41) is 8.59. The molecule has 1 aromatic heterocycles. The lowest BCUT2D eigenvalue weighted by Crippen LogP contribution is -2.32. The van der Waals surface area contributed by atoms with Crippen LogP contribution < -0.4 is 4.31 Å². The van der Waals surface area contributed by atoms with Crippen LogP contribution >= 0.6 is 0 Å². The van der Waals surface area contributed by atoms with E-state index in [4.69, 9.17) is 5.11 Å². The van der Waals surface area contributed by atoms with Crippen LogP contribution in [0, 0.1) is 6.92 Å². The van der Waals surface area contributed by atoms with Gasteiger partial charge in [0, 0.05) is 12.7 Å². The van der Waals surface area contributed by atoms with E-state index >= 15 is 0 Å². The molecule has 1 N–H and O–H groups in total. The van der Waals surface area contributed by atoms with Gasteiger partial charge in [0.2, 0.25) is 10.0 Å². The van der Waals surface area contributed by atoms with Crippen LogP contribution in [0.4, 0.5) is 5.82 Å². The number of hydrogen-bond donors (Lipinski definition) is 1. The summed E-state index contributed by atoms with van der Waals surface area (Å²) in [4.78, 5) is 14.4. The van der Waals surface area contributed by atoms with E-state index < -0.39 is 16.0 Å². The number of rotatable bonds is 5. The van der Waals surface area contributed by atoms with Gasteiger partial charge in [0.25, 0.3) is 0 Å². The molecule has 0 radical (unpaired) electrons. The Morgan fingerprint density at radius 1 is 1.53 bits per heavy atom. The fourth-order valence-electron chi connectivity index (χ4n) is 1.30. The third-order valence-electron chi connectivity index (χ3n) is 2.09. The highest BCUT2D eigenvalue weighted by Gasteiger charge is 2.19. The van der Waals surface area contributed by atoms with Crippen LogP contribution in [-0.2, 0) is 14.8 Å². The number of carboxylic acid groups (broad SMARTS) is 1. The summed E-state index contributed by atoms with van der Waals surface area (Å²) >= 11 is 0. The quantitative estimate of drug-likeness (QED) is 0.837. The molecule has 94 valence electrons. The summed E-state index contributed by atoms with van der Waals surface area (Å²) in [6.07, 6.45) is 2.26. The van der Waals surface area contributed by atoms with E-state index in [0.29, 0.717) is 0 Å². The molecule has 1 heterocycles. The third kappa shape index (κ3) is 4.03. The van der Waals surface area contributed by atoms with Gasteiger partial charge in [-0.2, -0.15) is 0 Å². The van der Waals surface area contributed by atoms with E-state index in [1.165, 1.54) is 6.20 Å². The van der Waals surface area contributed by atoms with Gasteiger partial charge >= 0.3 is 5.97 Å². The first kappa shape index (κ1) is 13.4. The van der Waals surface area contributed by atoms with E-state index in [1.807, 2.05) is 6.92 Å². The van der Waals surface area contributed by atoms with Gasteiger partial charge in [-0.1, -0.05) is 0 Å². The van der Waals surface area contributed by atoms with Crippen LogP contribution in [0.15, 0.2) is 18.3 Å². The molecule has 0 amide bonds. The molecule has 7 heteroatoms. The number of nitrogens with zero attached hydrogens (tertiary/aromatic N) is 2. The average molecular weight is 258 g/mol. The van der Waals surface area contributed by atoms with Crippen molar-refractivity contribution in [2.75, 3.05) is 17.1 Å². The van der Waals surface area contributed by atoms with Gasteiger partial charge in [0.1, 0.15) is 5.82 Å². The van der Waals surface area contributed by atoms with Crippen molar-refractivity contribution in [2.45, 2.75) is 13.3 Å². The maximum atomic E-state index is 11.5. The fraction of sp³-hybridized carbons (Fsp3) is 0.400. The summed E-state index contributed by atoms with van der Waals surface area (Å²) in [6.45, 7) is 1.69. The fourth-order valence-corrected chi connectivity index (χ4v) is 2.17. The Kier molecular flexibility index (Phi) is 4.06. The largest absolute Gasteiger partial charge is 0.481 e. The summed E-state index contributed by atoms with van der Waals surface area (Å²) < 4.78 is 24.1. The monoisotopic (exact) mass is 258 g/mol. The number of pyridine rings is 1. The predicted molar refractivity (Wildman–Crippen MR) is 63.4 cm³/mol. The van der Waals surface area contributed by atoms with Crippen molar-refractivity contribution in [3.63, 3.8) is 0 Å². The molecule has 1 rings (SSSR count). The van der Waals surface area contributed by atoms with Crippen molar-refractivity contribution < 1.29 is 18.3 Å². The number of aliphatic carboxylic acids is 1. The number of hydrogen-bond acceptors (Lipinski definition) is 4. The Balaban J connectivity index is 3.03. The minimum atomic E-state index is -3.52. The van der Waals surface area contributed by atoms with Crippen LogP contribution in [0.2, 0.25) is 0 Å². The molecule has 0 fully saturated rings. The van der Waals surface area contributed by atoms with Crippen LogP contribution in [0.3, 0.4) is 0 Å². The number of aromatic nitrogens is 1. The molecule has 0 aliphatic carbocycles. The Morgan fingerprint density at radius 3 is 2.65 bits per heavy atom. The molecule has 0 aliphatic heterocycles. The van der Waals surface area contributed by atoms with Gasteiger partial charge < -0.3 is 5.11 Å². The zero-order valence-electron chi connectivity index (χ0n) is 9.62. The van der Waals surface area contributed by atoms with Crippen molar-refractivity contribution >= 4 is 21.8 Å². The first-order valence-electron chi connectivity index (χ1n) is 4.93. The van der Waals surface area contributed by atoms with Crippen LogP contribution in [-0.4, -0.2) is 37.3 Å². The molecule has 0 saturated carbocycles. The maximum Gasteiger partial charge on any atom is 0.305 e. The Morgan fingerprint density at radius 2 is 2.18 bits per heavy atom. The zero-order valence-corrected chi connectivity index (χ0v) is 10.4. The molecule has 0 unspecified atom stereocenters. The highest BCUT2D eigenvalue weighted by Crippen LogP contribution is 2.15. The maximum absolute atomic E-state index is 11.5. The number of sulfonamides is 1. The van der Waals surface area contributed by atoms with Gasteiger partial charge in [-0.25, -0.2) is 13.4 Å². The molecule has 0 saturated heterocycles. The normalized spacial score (nSPS) is 11.2. The smallest absolute Gasteiger partial charge is 0.305 e. The topological polar surface area (TPSA) is 87.6 Å². The SMILES string of the molecule is Cc1ccnc(N(CCC(=O)O)S(C)(=O)=O)c1. The molecule has 0 aliphatic rings. The first-order valence-corrected chi connectivity index (χ1v) is 6.77. The van der Waals surface area contributed by atoms with Crippen LogP contribution in [0.1, 0.15) is 12.0 Å². The summed E-state index contributed by atoms with van der Waals surface area (Å²) in [5.41, 5.74) is 0.860. The lowest BCUT2D eigenvalue weighted by atomic mass is 10.3. The second-order valence-electron chi connectivity index (χ2n) is 3.67. The highest BCUT2D eigenvalue weighted by atomic mass is 32.2. The lowest BCUT2D eigenvalue weighted by Gasteiger charge is -2.20. The minimum Gasteiger partial charge on any atom is -0.481 e. The zero-order chi connectivity index (χ0) is 13.1.